The number of hydrogen-bond donors (Lipinski definition) is 1. The minimum Gasteiger partial charge on any atom is -0.326 e. The van der Waals surface area contributed by atoms with E-state index in [1.54, 1.807) is 6.07 Å². The highest BCUT2D eigenvalue weighted by atomic mass is 35.5. The van der Waals surface area contributed by atoms with E-state index in [0.29, 0.717) is 35.5 Å². The van der Waals surface area contributed by atoms with Crippen LogP contribution in [0.15, 0.2) is 17.0 Å². The lowest BCUT2D eigenvalue weighted by atomic mass is 9.96. The third-order valence-electron chi connectivity index (χ3n) is 4.05. The van der Waals surface area contributed by atoms with Gasteiger partial charge in [-0.1, -0.05) is 37.0 Å². The molecule has 1 aromatic carbocycles. The van der Waals surface area contributed by atoms with E-state index in [0.717, 1.165) is 6.42 Å². The zero-order valence-corrected chi connectivity index (χ0v) is 14.5. The monoisotopic (exact) mass is 350 g/mol. The first-order chi connectivity index (χ1) is 9.77. The predicted molar refractivity (Wildman–Crippen MR) is 86.1 cm³/mol. The highest BCUT2D eigenvalue weighted by Gasteiger charge is 2.35. The smallest absolute Gasteiger partial charge is 0.244 e. The van der Waals surface area contributed by atoms with Gasteiger partial charge >= 0.3 is 0 Å². The fourth-order valence-electron chi connectivity index (χ4n) is 2.61. The molecule has 0 spiro atoms. The van der Waals surface area contributed by atoms with E-state index in [1.807, 2.05) is 0 Å². The fraction of sp³-hybridized carbons (Fsp3) is 0.571. The lowest BCUT2D eigenvalue weighted by Crippen LogP contribution is -2.30. The van der Waals surface area contributed by atoms with Gasteiger partial charge in [0.15, 0.2) is 0 Å². The summed E-state index contributed by atoms with van der Waals surface area (Å²) in [5, 5.41) is 0.507. The standard InChI is InChI=1S/C14H20Cl2N2O2S/c1-9(2)10-3-4-18(8-10)21(19,20)13-6-12(15)5-11(7-17)14(13)16/h5-6,9-10H,3-4,7-8,17H2,1-2H3. The second-order valence-corrected chi connectivity index (χ2v) is 8.46. The molecule has 0 aromatic heterocycles. The van der Waals surface area contributed by atoms with E-state index in [4.69, 9.17) is 28.9 Å². The van der Waals surface area contributed by atoms with Crippen LogP contribution in [0.3, 0.4) is 0 Å². The van der Waals surface area contributed by atoms with Crippen molar-refractivity contribution in [2.75, 3.05) is 13.1 Å². The molecule has 1 heterocycles. The second-order valence-electron chi connectivity index (χ2n) is 5.74. The maximum absolute atomic E-state index is 12.8. The molecule has 21 heavy (non-hydrogen) atoms. The van der Waals surface area contributed by atoms with E-state index in [9.17, 15) is 8.42 Å². The Bertz CT molecular complexity index is 632. The first-order valence-corrected chi connectivity index (χ1v) is 9.15. The number of nitrogens with zero attached hydrogens (tertiary/aromatic N) is 1. The summed E-state index contributed by atoms with van der Waals surface area (Å²) in [4.78, 5) is 0.0570. The Labute approximate surface area is 136 Å². The summed E-state index contributed by atoms with van der Waals surface area (Å²) < 4.78 is 27.1. The van der Waals surface area contributed by atoms with E-state index in [2.05, 4.69) is 13.8 Å². The molecule has 1 saturated heterocycles. The third kappa shape index (κ3) is 3.37. The van der Waals surface area contributed by atoms with Crippen molar-refractivity contribution in [1.29, 1.82) is 0 Å². The van der Waals surface area contributed by atoms with Gasteiger partial charge in [-0.15, -0.1) is 0 Å². The van der Waals surface area contributed by atoms with Gasteiger partial charge in [-0.2, -0.15) is 4.31 Å². The largest absolute Gasteiger partial charge is 0.326 e. The number of halogens is 2. The van der Waals surface area contributed by atoms with Crippen LogP contribution in [0.4, 0.5) is 0 Å². The van der Waals surface area contributed by atoms with Crippen LogP contribution in [0.2, 0.25) is 10.0 Å². The molecule has 0 bridgehead atoms. The van der Waals surface area contributed by atoms with Crippen molar-refractivity contribution in [2.45, 2.75) is 31.7 Å². The third-order valence-corrected chi connectivity index (χ3v) is 6.71. The molecular weight excluding hydrogens is 331 g/mol. The number of rotatable bonds is 4. The van der Waals surface area contributed by atoms with Crippen molar-refractivity contribution in [3.8, 4) is 0 Å². The average molecular weight is 351 g/mol. The van der Waals surface area contributed by atoms with Crippen LogP contribution >= 0.6 is 23.2 Å². The topological polar surface area (TPSA) is 63.4 Å². The number of nitrogens with two attached hydrogens (primary N) is 1. The maximum atomic E-state index is 12.8. The molecular formula is C14H20Cl2N2O2S. The van der Waals surface area contributed by atoms with Crippen LogP contribution in [-0.2, 0) is 16.6 Å². The van der Waals surface area contributed by atoms with E-state index < -0.39 is 10.0 Å². The molecule has 1 atom stereocenters. The Morgan fingerprint density at radius 3 is 2.57 bits per heavy atom. The molecule has 1 fully saturated rings. The van der Waals surface area contributed by atoms with Gasteiger partial charge in [-0.25, -0.2) is 8.42 Å². The van der Waals surface area contributed by atoms with Crippen molar-refractivity contribution in [3.05, 3.63) is 27.7 Å². The molecule has 1 aliphatic heterocycles. The average Bonchev–Trinajstić information content (AvgIpc) is 2.91. The Morgan fingerprint density at radius 2 is 2.05 bits per heavy atom. The van der Waals surface area contributed by atoms with E-state index in [1.165, 1.54) is 10.4 Å². The van der Waals surface area contributed by atoms with Crippen LogP contribution < -0.4 is 5.73 Å². The molecule has 118 valence electrons. The van der Waals surface area contributed by atoms with Gasteiger partial charge in [0.2, 0.25) is 10.0 Å². The van der Waals surface area contributed by atoms with Gasteiger partial charge < -0.3 is 5.73 Å². The number of hydrogen-bond acceptors (Lipinski definition) is 3. The second kappa shape index (κ2) is 6.42. The van der Waals surface area contributed by atoms with Crippen LogP contribution in [0.5, 0.6) is 0 Å². The maximum Gasteiger partial charge on any atom is 0.244 e. The predicted octanol–water partition coefficient (Wildman–Crippen LogP) is 3.12. The molecule has 2 N–H and O–H groups in total. The zero-order chi connectivity index (χ0) is 15.8. The zero-order valence-electron chi connectivity index (χ0n) is 12.1. The lowest BCUT2D eigenvalue weighted by molar-refractivity contribution is 0.388. The summed E-state index contributed by atoms with van der Waals surface area (Å²) in [7, 11) is -3.63. The van der Waals surface area contributed by atoms with Gasteiger partial charge in [-0.3, -0.25) is 0 Å². The summed E-state index contributed by atoms with van der Waals surface area (Å²) in [5.74, 6) is 0.839. The van der Waals surface area contributed by atoms with Crippen molar-refractivity contribution >= 4 is 33.2 Å². The molecule has 4 nitrogen and oxygen atoms in total. The Hall–Kier alpha value is -0.330. The molecule has 0 saturated carbocycles. The number of sulfonamides is 1. The van der Waals surface area contributed by atoms with Gasteiger partial charge in [-0.05, 0) is 36.0 Å². The molecule has 7 heteroatoms. The van der Waals surface area contributed by atoms with Crippen molar-refractivity contribution in [3.63, 3.8) is 0 Å². The normalized spacial score (nSPS) is 20.4. The summed E-state index contributed by atoms with van der Waals surface area (Å²) in [6.07, 6.45) is 0.874. The van der Waals surface area contributed by atoms with Crippen LogP contribution in [0, 0.1) is 11.8 Å². The summed E-state index contributed by atoms with van der Waals surface area (Å²) in [6, 6.07) is 3.00. The molecule has 0 radical (unpaired) electrons. The first-order valence-electron chi connectivity index (χ1n) is 6.95. The minimum atomic E-state index is -3.63. The summed E-state index contributed by atoms with van der Waals surface area (Å²) in [5.41, 5.74) is 6.14. The van der Waals surface area contributed by atoms with Gasteiger partial charge in [0.1, 0.15) is 4.90 Å². The lowest BCUT2D eigenvalue weighted by Gasteiger charge is -2.19. The van der Waals surface area contributed by atoms with Crippen molar-refractivity contribution in [2.24, 2.45) is 17.6 Å². The van der Waals surface area contributed by atoms with Gasteiger partial charge in [0.05, 0.1) is 5.02 Å². The van der Waals surface area contributed by atoms with Crippen molar-refractivity contribution in [1.82, 2.24) is 4.31 Å². The van der Waals surface area contributed by atoms with Gasteiger partial charge in [0.25, 0.3) is 0 Å². The van der Waals surface area contributed by atoms with Gasteiger partial charge in [0, 0.05) is 24.7 Å². The highest BCUT2D eigenvalue weighted by molar-refractivity contribution is 7.89. The molecule has 1 aliphatic rings. The molecule has 1 unspecified atom stereocenters. The van der Waals surface area contributed by atoms with E-state index >= 15 is 0 Å². The Morgan fingerprint density at radius 1 is 1.38 bits per heavy atom. The fourth-order valence-corrected chi connectivity index (χ4v) is 5.04. The Kier molecular flexibility index (Phi) is 5.21. The Balaban J connectivity index is 2.39. The summed E-state index contributed by atoms with van der Waals surface area (Å²) in [6.45, 7) is 5.42. The molecule has 0 amide bonds. The SMILES string of the molecule is CC(C)C1CCN(S(=O)(=O)c2cc(Cl)cc(CN)c2Cl)C1. The highest BCUT2D eigenvalue weighted by Crippen LogP contribution is 2.34. The molecule has 1 aromatic rings. The molecule has 0 aliphatic carbocycles. The number of benzene rings is 1. The van der Waals surface area contributed by atoms with Crippen LogP contribution in [0.25, 0.3) is 0 Å². The van der Waals surface area contributed by atoms with E-state index in [-0.39, 0.29) is 16.5 Å². The van der Waals surface area contributed by atoms with Crippen LogP contribution in [-0.4, -0.2) is 25.8 Å². The summed E-state index contributed by atoms with van der Waals surface area (Å²) >= 11 is 12.2. The quantitative estimate of drug-likeness (QED) is 0.907. The van der Waals surface area contributed by atoms with Crippen LogP contribution in [0.1, 0.15) is 25.8 Å². The molecule has 2 rings (SSSR count). The minimum absolute atomic E-state index is 0.0570. The van der Waals surface area contributed by atoms with Crippen molar-refractivity contribution < 1.29 is 8.42 Å². The first kappa shape index (κ1) is 17.0.